The van der Waals surface area contributed by atoms with Crippen LogP contribution in [0.5, 0.6) is 0 Å². The van der Waals surface area contributed by atoms with Crippen LogP contribution in [0.1, 0.15) is 22.3 Å². The highest BCUT2D eigenvalue weighted by Gasteiger charge is 2.46. The Bertz CT molecular complexity index is 3400. The van der Waals surface area contributed by atoms with E-state index in [4.69, 9.17) is 0 Å². The molecule has 0 amide bonds. The first kappa shape index (κ1) is 36.6. The molecule has 0 saturated carbocycles. The molecule has 0 N–H and O–H groups in total. The van der Waals surface area contributed by atoms with Crippen LogP contribution in [0.4, 0.5) is 17.1 Å². The summed E-state index contributed by atoms with van der Waals surface area (Å²) in [5.74, 6) is 0. The molecule has 12 rings (SSSR count). The monoisotopic (exact) mass is 802 g/mol. The van der Waals surface area contributed by atoms with Gasteiger partial charge in [0.25, 0.3) is 0 Å². The number of nitrogens with zero attached hydrogens (tertiary/aromatic N) is 2. The molecule has 0 bridgehead atoms. The maximum Gasteiger partial charge on any atom is 0.0714 e. The van der Waals surface area contributed by atoms with Gasteiger partial charge in [0, 0.05) is 33.5 Å². The Morgan fingerprint density at radius 2 is 0.825 bits per heavy atom. The summed E-state index contributed by atoms with van der Waals surface area (Å²) in [5, 5.41) is 2.50. The van der Waals surface area contributed by atoms with Crippen LogP contribution in [0.25, 0.3) is 60.9 Å². The summed E-state index contributed by atoms with van der Waals surface area (Å²) >= 11 is 0. The van der Waals surface area contributed by atoms with Crippen molar-refractivity contribution in [3.8, 4) is 39.1 Å². The fourth-order valence-electron chi connectivity index (χ4n) is 10.3. The number of benzene rings is 10. The normalized spacial score (nSPS) is 12.6. The predicted octanol–water partition coefficient (Wildman–Crippen LogP) is 16.0. The Morgan fingerprint density at radius 1 is 0.302 bits per heavy atom. The van der Waals surface area contributed by atoms with Crippen molar-refractivity contribution in [2.24, 2.45) is 0 Å². The van der Waals surface area contributed by atoms with E-state index in [1.807, 2.05) is 0 Å². The predicted molar refractivity (Wildman–Crippen MR) is 264 cm³/mol. The molecule has 2 nitrogen and oxygen atoms in total. The van der Waals surface area contributed by atoms with Gasteiger partial charge in [-0.15, -0.1) is 0 Å². The van der Waals surface area contributed by atoms with E-state index in [1.54, 1.807) is 0 Å². The maximum atomic E-state index is 2.44. The number of para-hydroxylation sites is 3. The third-order valence-corrected chi connectivity index (χ3v) is 13.0. The molecule has 0 saturated heterocycles. The second kappa shape index (κ2) is 15.1. The third-order valence-electron chi connectivity index (χ3n) is 13.0. The topological polar surface area (TPSA) is 8.17 Å². The quantitative estimate of drug-likeness (QED) is 0.149. The van der Waals surface area contributed by atoms with Crippen LogP contribution in [0.15, 0.2) is 255 Å². The van der Waals surface area contributed by atoms with E-state index >= 15 is 0 Å². The van der Waals surface area contributed by atoms with Gasteiger partial charge in [0.2, 0.25) is 0 Å². The molecule has 0 spiro atoms. The highest BCUT2D eigenvalue weighted by molar-refractivity contribution is 6.10. The largest absolute Gasteiger partial charge is 0.310 e. The fraction of sp³-hybridized carbons (Fsp3) is 0.0164. The number of fused-ring (bicyclic) bond motifs is 6. The zero-order chi connectivity index (χ0) is 41.7. The van der Waals surface area contributed by atoms with Gasteiger partial charge in [0.05, 0.1) is 16.4 Å². The zero-order valence-electron chi connectivity index (χ0n) is 34.6. The van der Waals surface area contributed by atoms with Crippen molar-refractivity contribution in [3.63, 3.8) is 0 Å². The zero-order valence-corrected chi connectivity index (χ0v) is 34.6. The second-order valence-electron chi connectivity index (χ2n) is 16.5. The molecule has 0 unspecified atom stereocenters. The first-order valence-corrected chi connectivity index (χ1v) is 21.8. The molecule has 10 aromatic carbocycles. The Hall–Kier alpha value is -8.20. The van der Waals surface area contributed by atoms with E-state index in [2.05, 4.69) is 264 Å². The lowest BCUT2D eigenvalue weighted by molar-refractivity contribution is 0.768. The van der Waals surface area contributed by atoms with Crippen molar-refractivity contribution < 1.29 is 0 Å². The number of hydrogen-bond acceptors (Lipinski definition) is 1. The Kier molecular flexibility index (Phi) is 8.76. The molecular formula is C61H42N2. The fourth-order valence-corrected chi connectivity index (χ4v) is 10.3. The van der Waals surface area contributed by atoms with Gasteiger partial charge < -0.3 is 9.47 Å². The SMILES string of the molecule is c1ccc(N(c2cccc(-c3cccc(-c4ccc5c(c4)c4ccccc4n5-c4ccccc4)c3)c2)c2ccc3c(c2)C(c2ccccc2)(c2ccccc2)c2ccccc2-3)cc1. The average Bonchev–Trinajstić information content (AvgIpc) is 3.85. The highest BCUT2D eigenvalue weighted by atomic mass is 15.1. The van der Waals surface area contributed by atoms with Crippen LogP contribution in [-0.2, 0) is 5.41 Å². The molecule has 1 aliphatic rings. The van der Waals surface area contributed by atoms with E-state index in [0.717, 1.165) is 22.6 Å². The molecule has 2 heteroatoms. The molecule has 0 fully saturated rings. The number of rotatable bonds is 8. The number of aromatic nitrogens is 1. The van der Waals surface area contributed by atoms with Crippen molar-refractivity contribution in [1.82, 2.24) is 4.57 Å². The summed E-state index contributed by atoms with van der Waals surface area (Å²) < 4.78 is 2.37. The minimum absolute atomic E-state index is 0.491. The van der Waals surface area contributed by atoms with Gasteiger partial charge in [-0.05, 0) is 128 Å². The van der Waals surface area contributed by atoms with Gasteiger partial charge in [-0.1, -0.05) is 182 Å². The average molecular weight is 803 g/mol. The Balaban J connectivity index is 0.982. The van der Waals surface area contributed by atoms with E-state index in [-0.39, 0.29) is 0 Å². The van der Waals surface area contributed by atoms with E-state index in [0.29, 0.717) is 0 Å². The van der Waals surface area contributed by atoms with Crippen molar-refractivity contribution in [2.75, 3.05) is 4.90 Å². The lowest BCUT2D eigenvalue weighted by Crippen LogP contribution is -2.28. The lowest BCUT2D eigenvalue weighted by Gasteiger charge is -2.35. The Labute approximate surface area is 368 Å². The van der Waals surface area contributed by atoms with E-state index in [1.165, 1.54) is 77.6 Å². The van der Waals surface area contributed by atoms with Crippen LogP contribution in [0.2, 0.25) is 0 Å². The minimum atomic E-state index is -0.491. The molecular weight excluding hydrogens is 761 g/mol. The highest BCUT2D eigenvalue weighted by Crippen LogP contribution is 2.57. The van der Waals surface area contributed by atoms with Crippen LogP contribution >= 0.6 is 0 Å². The summed E-state index contributed by atoms with van der Waals surface area (Å²) in [6.07, 6.45) is 0. The molecule has 1 heterocycles. The molecule has 0 radical (unpaired) electrons. The molecule has 0 atom stereocenters. The van der Waals surface area contributed by atoms with E-state index in [9.17, 15) is 0 Å². The summed E-state index contributed by atoms with van der Waals surface area (Å²) in [6.45, 7) is 0. The van der Waals surface area contributed by atoms with Crippen molar-refractivity contribution >= 4 is 38.9 Å². The first-order chi connectivity index (χ1) is 31.3. The number of hydrogen-bond donors (Lipinski definition) is 0. The second-order valence-corrected chi connectivity index (χ2v) is 16.5. The maximum absolute atomic E-state index is 2.44. The first-order valence-electron chi connectivity index (χ1n) is 21.8. The van der Waals surface area contributed by atoms with Gasteiger partial charge in [-0.25, -0.2) is 0 Å². The summed E-state index contributed by atoms with van der Waals surface area (Å²) in [4.78, 5) is 2.41. The molecule has 1 aliphatic carbocycles. The molecule has 63 heavy (non-hydrogen) atoms. The van der Waals surface area contributed by atoms with Crippen molar-refractivity contribution in [1.29, 1.82) is 0 Å². The summed E-state index contributed by atoms with van der Waals surface area (Å²) in [7, 11) is 0. The Morgan fingerprint density at radius 3 is 1.56 bits per heavy atom. The minimum Gasteiger partial charge on any atom is -0.310 e. The molecule has 296 valence electrons. The van der Waals surface area contributed by atoms with Crippen LogP contribution in [-0.4, -0.2) is 4.57 Å². The van der Waals surface area contributed by atoms with Gasteiger partial charge in [0.15, 0.2) is 0 Å². The van der Waals surface area contributed by atoms with Gasteiger partial charge in [-0.3, -0.25) is 0 Å². The summed E-state index contributed by atoms with van der Waals surface area (Å²) in [6, 6.07) is 93.2. The molecule has 11 aromatic rings. The third kappa shape index (κ3) is 5.95. The number of anilines is 3. The van der Waals surface area contributed by atoms with E-state index < -0.39 is 5.41 Å². The smallest absolute Gasteiger partial charge is 0.0714 e. The van der Waals surface area contributed by atoms with Gasteiger partial charge >= 0.3 is 0 Å². The van der Waals surface area contributed by atoms with Crippen molar-refractivity contribution in [2.45, 2.75) is 5.41 Å². The summed E-state index contributed by atoms with van der Waals surface area (Å²) in [5.41, 5.74) is 18.8. The standard InChI is InChI=1S/C61H42N2/c1-5-22-47(23-6-1)61(48-24-7-2-8-25-48)57-33-15-13-31-53(57)54-37-36-52(42-58(54)61)62(49-26-9-3-10-27-49)51-30-18-21-45(40-51)43-19-17-20-44(39-43)46-35-38-60-56(41-46)55-32-14-16-34-59(55)63(60)50-28-11-4-12-29-50/h1-42H. The van der Waals surface area contributed by atoms with Crippen LogP contribution < -0.4 is 4.90 Å². The van der Waals surface area contributed by atoms with Crippen molar-refractivity contribution in [3.05, 3.63) is 277 Å². The van der Waals surface area contributed by atoms with Crippen LogP contribution in [0.3, 0.4) is 0 Å². The van der Waals surface area contributed by atoms with Crippen LogP contribution in [0, 0.1) is 0 Å². The molecule has 1 aromatic heterocycles. The van der Waals surface area contributed by atoms with Gasteiger partial charge in [0.1, 0.15) is 0 Å². The lowest BCUT2D eigenvalue weighted by atomic mass is 9.67. The molecule has 0 aliphatic heterocycles. The van der Waals surface area contributed by atoms with Gasteiger partial charge in [-0.2, -0.15) is 0 Å².